The molecular weight excluding hydrogens is 298 g/mol. The molecular formula is C16H21N3O2S. The van der Waals surface area contributed by atoms with Gasteiger partial charge in [-0.3, -0.25) is 4.21 Å². The lowest BCUT2D eigenvalue weighted by molar-refractivity contribution is 0.326. The first kappa shape index (κ1) is 16.4. The smallest absolute Gasteiger partial charge is 0.218 e. The van der Waals surface area contributed by atoms with Crippen molar-refractivity contribution in [2.45, 2.75) is 24.8 Å². The van der Waals surface area contributed by atoms with Crippen molar-refractivity contribution >= 4 is 16.6 Å². The molecule has 0 saturated carbocycles. The predicted octanol–water partition coefficient (Wildman–Crippen LogP) is 2.81. The molecule has 5 nitrogen and oxygen atoms in total. The molecule has 1 aromatic heterocycles. The van der Waals surface area contributed by atoms with Crippen molar-refractivity contribution in [1.29, 1.82) is 0 Å². The average Bonchev–Trinajstić information content (AvgIpc) is 2.54. The first-order valence-corrected chi connectivity index (χ1v) is 8.69. The molecule has 1 heterocycles. The Kier molecular flexibility index (Phi) is 5.49. The van der Waals surface area contributed by atoms with Crippen LogP contribution in [-0.2, 0) is 10.8 Å². The zero-order valence-corrected chi connectivity index (χ0v) is 14.1. The third-order valence-electron chi connectivity index (χ3n) is 3.56. The lowest BCUT2D eigenvalue weighted by atomic mass is 10.1. The SMILES string of the molecule is CCOc1cc(N(C)[C@H](C)c2ccc([S@](C)=O)cc2)ncn1. The van der Waals surface area contributed by atoms with E-state index in [4.69, 9.17) is 4.74 Å². The Balaban J connectivity index is 2.19. The molecule has 2 rings (SSSR count). The van der Waals surface area contributed by atoms with E-state index in [2.05, 4.69) is 21.8 Å². The second kappa shape index (κ2) is 7.35. The number of hydrogen-bond acceptors (Lipinski definition) is 5. The van der Waals surface area contributed by atoms with Gasteiger partial charge >= 0.3 is 0 Å². The van der Waals surface area contributed by atoms with E-state index in [1.807, 2.05) is 44.3 Å². The summed E-state index contributed by atoms with van der Waals surface area (Å²) in [5, 5.41) is 0. The van der Waals surface area contributed by atoms with Gasteiger partial charge in [-0.15, -0.1) is 0 Å². The predicted molar refractivity (Wildman–Crippen MR) is 88.8 cm³/mol. The maximum atomic E-state index is 11.5. The monoisotopic (exact) mass is 319 g/mol. The highest BCUT2D eigenvalue weighted by molar-refractivity contribution is 7.84. The molecule has 0 saturated heterocycles. The molecule has 0 unspecified atom stereocenters. The standard InChI is InChI=1S/C16H21N3O2S/c1-5-21-16-10-15(17-11-18-16)19(3)12(2)13-6-8-14(9-7-13)22(4)20/h6-12H,5H2,1-4H3/t12-,22+/m1/s1. The average molecular weight is 319 g/mol. The lowest BCUT2D eigenvalue weighted by Gasteiger charge is -2.26. The highest BCUT2D eigenvalue weighted by Gasteiger charge is 2.14. The molecule has 0 N–H and O–H groups in total. The first-order valence-electron chi connectivity index (χ1n) is 7.14. The Morgan fingerprint density at radius 1 is 1.27 bits per heavy atom. The van der Waals surface area contributed by atoms with Crippen molar-refractivity contribution < 1.29 is 8.95 Å². The van der Waals surface area contributed by atoms with Gasteiger partial charge in [0.15, 0.2) is 0 Å². The molecule has 0 fully saturated rings. The molecule has 118 valence electrons. The van der Waals surface area contributed by atoms with Crippen LogP contribution in [0.2, 0.25) is 0 Å². The topological polar surface area (TPSA) is 55.3 Å². The summed E-state index contributed by atoms with van der Waals surface area (Å²) in [5.74, 6) is 1.37. The van der Waals surface area contributed by atoms with Crippen LogP contribution in [0.25, 0.3) is 0 Å². The number of ether oxygens (including phenoxy) is 1. The van der Waals surface area contributed by atoms with Crippen LogP contribution in [0.3, 0.4) is 0 Å². The third kappa shape index (κ3) is 3.82. The number of hydrogen-bond donors (Lipinski definition) is 0. The minimum absolute atomic E-state index is 0.128. The third-order valence-corrected chi connectivity index (χ3v) is 4.49. The zero-order valence-electron chi connectivity index (χ0n) is 13.3. The summed E-state index contributed by atoms with van der Waals surface area (Å²) in [5.41, 5.74) is 1.13. The fraction of sp³-hybridized carbons (Fsp3) is 0.375. The molecule has 0 aliphatic carbocycles. The van der Waals surface area contributed by atoms with Crippen LogP contribution in [0.4, 0.5) is 5.82 Å². The molecule has 6 heteroatoms. The van der Waals surface area contributed by atoms with E-state index in [0.29, 0.717) is 12.5 Å². The number of aromatic nitrogens is 2. The van der Waals surface area contributed by atoms with Crippen LogP contribution >= 0.6 is 0 Å². The fourth-order valence-corrected chi connectivity index (χ4v) is 2.63. The van der Waals surface area contributed by atoms with Gasteiger partial charge < -0.3 is 9.64 Å². The number of rotatable bonds is 6. The van der Waals surface area contributed by atoms with Crippen molar-refractivity contribution in [3.63, 3.8) is 0 Å². The van der Waals surface area contributed by atoms with Gasteiger partial charge in [0.25, 0.3) is 0 Å². The van der Waals surface area contributed by atoms with Gasteiger partial charge in [0.05, 0.1) is 12.6 Å². The summed E-state index contributed by atoms with van der Waals surface area (Å²) in [6, 6.07) is 9.77. The van der Waals surface area contributed by atoms with Gasteiger partial charge in [-0.2, -0.15) is 0 Å². The summed E-state index contributed by atoms with van der Waals surface area (Å²) in [4.78, 5) is 11.3. The van der Waals surface area contributed by atoms with Crippen molar-refractivity contribution in [1.82, 2.24) is 9.97 Å². The van der Waals surface area contributed by atoms with Gasteiger partial charge in [-0.05, 0) is 31.5 Å². The summed E-state index contributed by atoms with van der Waals surface area (Å²) in [6.07, 6.45) is 3.19. The molecule has 22 heavy (non-hydrogen) atoms. The summed E-state index contributed by atoms with van der Waals surface area (Å²) in [6.45, 7) is 4.60. The normalized spacial score (nSPS) is 13.5. The van der Waals surface area contributed by atoms with Crippen LogP contribution < -0.4 is 9.64 Å². The van der Waals surface area contributed by atoms with Crippen molar-refractivity contribution in [3.05, 3.63) is 42.2 Å². The lowest BCUT2D eigenvalue weighted by Crippen LogP contribution is -2.22. The molecule has 0 amide bonds. The molecule has 2 aromatic rings. The maximum Gasteiger partial charge on any atom is 0.218 e. The number of benzene rings is 1. The van der Waals surface area contributed by atoms with E-state index in [1.165, 1.54) is 6.33 Å². The van der Waals surface area contributed by atoms with Crippen molar-refractivity contribution in [2.24, 2.45) is 0 Å². The van der Waals surface area contributed by atoms with Crippen molar-refractivity contribution in [3.8, 4) is 5.88 Å². The zero-order chi connectivity index (χ0) is 16.1. The van der Waals surface area contributed by atoms with E-state index >= 15 is 0 Å². The number of nitrogens with zero attached hydrogens (tertiary/aromatic N) is 3. The highest BCUT2D eigenvalue weighted by Crippen LogP contribution is 2.25. The Morgan fingerprint density at radius 3 is 2.55 bits per heavy atom. The molecule has 0 radical (unpaired) electrons. The second-order valence-electron chi connectivity index (χ2n) is 4.96. The Bertz CT molecular complexity index is 646. The van der Waals surface area contributed by atoms with Crippen molar-refractivity contribution in [2.75, 3.05) is 24.8 Å². The van der Waals surface area contributed by atoms with Crippen LogP contribution in [0.5, 0.6) is 5.88 Å². The van der Waals surface area contributed by atoms with Crippen LogP contribution in [-0.4, -0.2) is 34.1 Å². The largest absolute Gasteiger partial charge is 0.478 e. The maximum absolute atomic E-state index is 11.5. The quantitative estimate of drug-likeness (QED) is 0.819. The van der Waals surface area contributed by atoms with Gasteiger partial charge in [0.1, 0.15) is 12.1 Å². The summed E-state index contributed by atoms with van der Waals surface area (Å²) in [7, 11) is 1.03. The van der Waals surface area contributed by atoms with E-state index in [0.717, 1.165) is 16.3 Å². The molecule has 0 bridgehead atoms. The number of anilines is 1. The second-order valence-corrected chi connectivity index (χ2v) is 6.34. The van der Waals surface area contributed by atoms with E-state index in [-0.39, 0.29) is 6.04 Å². The van der Waals surface area contributed by atoms with E-state index in [9.17, 15) is 4.21 Å². The fourth-order valence-electron chi connectivity index (χ4n) is 2.11. The Hall–Kier alpha value is -1.95. The van der Waals surface area contributed by atoms with Gasteiger partial charge in [0.2, 0.25) is 5.88 Å². The van der Waals surface area contributed by atoms with Crippen LogP contribution in [0.1, 0.15) is 25.5 Å². The molecule has 0 spiro atoms. The Labute approximate surface area is 133 Å². The van der Waals surface area contributed by atoms with Crippen LogP contribution in [0, 0.1) is 0 Å². The van der Waals surface area contributed by atoms with Gasteiger partial charge in [-0.25, -0.2) is 9.97 Å². The van der Waals surface area contributed by atoms with E-state index in [1.54, 1.807) is 6.26 Å². The van der Waals surface area contributed by atoms with Gasteiger partial charge in [-0.1, -0.05) is 12.1 Å². The molecule has 1 aromatic carbocycles. The van der Waals surface area contributed by atoms with Crippen LogP contribution in [0.15, 0.2) is 41.6 Å². The summed E-state index contributed by atoms with van der Waals surface area (Å²) >= 11 is 0. The Morgan fingerprint density at radius 2 is 1.95 bits per heavy atom. The van der Waals surface area contributed by atoms with E-state index < -0.39 is 10.8 Å². The molecule has 2 atom stereocenters. The minimum atomic E-state index is -0.953. The van der Waals surface area contributed by atoms with Gasteiger partial charge in [0, 0.05) is 35.1 Å². The molecule has 0 aliphatic rings. The summed E-state index contributed by atoms with van der Waals surface area (Å²) < 4.78 is 16.9. The highest BCUT2D eigenvalue weighted by atomic mass is 32.2. The minimum Gasteiger partial charge on any atom is -0.478 e. The molecule has 0 aliphatic heterocycles. The first-order chi connectivity index (χ1) is 10.5.